The number of benzene rings is 2. The summed E-state index contributed by atoms with van der Waals surface area (Å²) in [5.74, 6) is 1.92. The third-order valence-corrected chi connectivity index (χ3v) is 3.98. The summed E-state index contributed by atoms with van der Waals surface area (Å²) in [6.45, 7) is 0. The van der Waals surface area contributed by atoms with Crippen molar-refractivity contribution in [2.75, 3.05) is 21.3 Å². The van der Waals surface area contributed by atoms with E-state index in [1.165, 1.54) is 21.3 Å². The van der Waals surface area contributed by atoms with Crippen LogP contribution in [0.2, 0.25) is 0 Å². The lowest BCUT2D eigenvalue weighted by molar-refractivity contribution is 0.324. The topological polar surface area (TPSA) is 86.8 Å². The monoisotopic (exact) mass is 388 g/mol. The van der Waals surface area contributed by atoms with Gasteiger partial charge in [0.05, 0.1) is 21.3 Å². The second-order valence-corrected chi connectivity index (χ2v) is 5.82. The number of phenols is 1. The number of halogens is 1. The number of hydrogen-bond donors (Lipinski definition) is 1. The quantitative estimate of drug-likeness (QED) is 0.676. The van der Waals surface area contributed by atoms with Crippen LogP contribution in [0.3, 0.4) is 0 Å². The SMILES string of the molecule is COc1cc(-c2nnc(/C(Cl)=C/c3cccc(O)c3)o2)cc(OC)c1OC. The van der Waals surface area contributed by atoms with Crippen molar-refractivity contribution in [1.82, 2.24) is 10.2 Å². The minimum atomic E-state index is 0.136. The lowest BCUT2D eigenvalue weighted by Crippen LogP contribution is -1.95. The van der Waals surface area contributed by atoms with E-state index in [2.05, 4.69) is 10.2 Å². The van der Waals surface area contributed by atoms with E-state index in [1.807, 2.05) is 0 Å². The van der Waals surface area contributed by atoms with Crippen molar-refractivity contribution in [3.63, 3.8) is 0 Å². The highest BCUT2D eigenvalue weighted by atomic mass is 35.5. The summed E-state index contributed by atoms with van der Waals surface area (Å²) in [7, 11) is 4.57. The maximum atomic E-state index is 9.53. The van der Waals surface area contributed by atoms with Gasteiger partial charge in [-0.2, -0.15) is 0 Å². The van der Waals surface area contributed by atoms with E-state index in [-0.39, 0.29) is 22.6 Å². The first-order valence-electron chi connectivity index (χ1n) is 7.86. The molecule has 2 aromatic carbocycles. The molecule has 1 aromatic heterocycles. The number of hydrogen-bond acceptors (Lipinski definition) is 7. The molecule has 0 unspecified atom stereocenters. The average molecular weight is 389 g/mol. The zero-order valence-electron chi connectivity index (χ0n) is 14.9. The maximum Gasteiger partial charge on any atom is 0.259 e. The molecule has 8 heteroatoms. The fourth-order valence-corrected chi connectivity index (χ4v) is 2.67. The van der Waals surface area contributed by atoms with Crippen molar-refractivity contribution in [3.8, 4) is 34.5 Å². The largest absolute Gasteiger partial charge is 0.508 e. The molecule has 0 saturated heterocycles. The van der Waals surface area contributed by atoms with E-state index in [0.29, 0.717) is 28.4 Å². The molecule has 0 radical (unpaired) electrons. The first kappa shape index (κ1) is 18.6. The van der Waals surface area contributed by atoms with Gasteiger partial charge < -0.3 is 23.7 Å². The number of nitrogens with zero attached hydrogens (tertiary/aromatic N) is 2. The summed E-state index contributed by atoms with van der Waals surface area (Å²) in [6.07, 6.45) is 1.62. The van der Waals surface area contributed by atoms with Gasteiger partial charge in [-0.15, -0.1) is 10.2 Å². The summed E-state index contributed by atoms with van der Waals surface area (Å²) in [4.78, 5) is 0. The van der Waals surface area contributed by atoms with Crippen LogP contribution < -0.4 is 14.2 Å². The predicted octanol–water partition coefficient (Wildman–Crippen LogP) is 4.20. The molecule has 1 N–H and O–H groups in total. The molecule has 0 aliphatic heterocycles. The highest BCUT2D eigenvalue weighted by Gasteiger charge is 2.18. The Labute approximate surface area is 160 Å². The van der Waals surface area contributed by atoms with Crippen molar-refractivity contribution in [3.05, 3.63) is 47.9 Å². The van der Waals surface area contributed by atoms with Gasteiger partial charge in [0.2, 0.25) is 11.6 Å². The molecule has 0 aliphatic rings. The van der Waals surface area contributed by atoms with Gasteiger partial charge >= 0.3 is 0 Å². The molecule has 3 rings (SSSR count). The van der Waals surface area contributed by atoms with E-state index in [4.69, 9.17) is 30.2 Å². The molecule has 3 aromatic rings. The number of phenolic OH excluding ortho intramolecular Hbond substituents is 1. The zero-order chi connectivity index (χ0) is 19.4. The first-order chi connectivity index (χ1) is 13.0. The highest BCUT2D eigenvalue weighted by molar-refractivity contribution is 6.50. The van der Waals surface area contributed by atoms with Crippen LogP contribution in [-0.2, 0) is 0 Å². The van der Waals surface area contributed by atoms with Crippen LogP contribution in [0.4, 0.5) is 0 Å². The average Bonchev–Trinajstić information content (AvgIpc) is 3.17. The van der Waals surface area contributed by atoms with Crippen LogP contribution in [0.1, 0.15) is 11.5 Å². The Kier molecular flexibility index (Phi) is 5.52. The number of methoxy groups -OCH3 is 3. The minimum absolute atomic E-state index is 0.136. The van der Waals surface area contributed by atoms with Gasteiger partial charge in [0.15, 0.2) is 11.5 Å². The summed E-state index contributed by atoms with van der Waals surface area (Å²) >= 11 is 6.27. The van der Waals surface area contributed by atoms with E-state index >= 15 is 0 Å². The molecule has 1 heterocycles. The minimum Gasteiger partial charge on any atom is -0.508 e. The Morgan fingerprint density at radius 1 is 1.04 bits per heavy atom. The van der Waals surface area contributed by atoms with Gasteiger partial charge in [-0.1, -0.05) is 23.7 Å². The van der Waals surface area contributed by atoms with E-state index < -0.39 is 0 Å². The van der Waals surface area contributed by atoms with Gasteiger partial charge in [0, 0.05) is 5.56 Å². The normalized spacial score (nSPS) is 11.3. The van der Waals surface area contributed by atoms with Gasteiger partial charge in [-0.25, -0.2) is 0 Å². The second-order valence-electron chi connectivity index (χ2n) is 5.41. The van der Waals surface area contributed by atoms with Crippen molar-refractivity contribution in [2.45, 2.75) is 0 Å². The summed E-state index contributed by atoms with van der Waals surface area (Å²) < 4.78 is 21.6. The molecule has 140 valence electrons. The van der Waals surface area contributed by atoms with Crippen LogP contribution in [-0.4, -0.2) is 36.6 Å². The van der Waals surface area contributed by atoms with Crippen molar-refractivity contribution >= 4 is 22.7 Å². The van der Waals surface area contributed by atoms with Gasteiger partial charge in [-0.3, -0.25) is 0 Å². The van der Waals surface area contributed by atoms with Crippen LogP contribution in [0.15, 0.2) is 40.8 Å². The Morgan fingerprint density at radius 2 is 1.74 bits per heavy atom. The zero-order valence-corrected chi connectivity index (χ0v) is 15.6. The molecule has 0 aliphatic carbocycles. The fraction of sp³-hybridized carbons (Fsp3) is 0.158. The standard InChI is InChI=1S/C19H17ClN2O5/c1-24-15-9-12(10-16(25-2)17(15)26-3)18-21-22-19(27-18)14(20)8-11-5-4-6-13(23)7-11/h4-10,23H,1-3H3/b14-8-. The summed E-state index contributed by atoms with van der Waals surface area (Å²) in [6, 6.07) is 10.0. The molecule has 0 atom stereocenters. The third-order valence-electron chi connectivity index (χ3n) is 3.70. The van der Waals surface area contributed by atoms with Crippen LogP contribution >= 0.6 is 11.6 Å². The lowest BCUT2D eigenvalue weighted by atomic mass is 10.2. The van der Waals surface area contributed by atoms with Crippen molar-refractivity contribution in [1.29, 1.82) is 0 Å². The fourth-order valence-electron chi connectivity index (χ4n) is 2.46. The Morgan fingerprint density at radius 3 is 2.33 bits per heavy atom. The number of aromatic nitrogens is 2. The predicted molar refractivity (Wildman–Crippen MR) is 101 cm³/mol. The Hall–Kier alpha value is -3.19. The molecule has 0 saturated carbocycles. The van der Waals surface area contributed by atoms with Crippen LogP contribution in [0.25, 0.3) is 22.6 Å². The van der Waals surface area contributed by atoms with Crippen LogP contribution in [0, 0.1) is 0 Å². The van der Waals surface area contributed by atoms with Gasteiger partial charge in [0.1, 0.15) is 10.8 Å². The van der Waals surface area contributed by atoms with Gasteiger partial charge in [0.25, 0.3) is 5.89 Å². The Bertz CT molecular complexity index is 959. The van der Waals surface area contributed by atoms with Gasteiger partial charge in [-0.05, 0) is 35.9 Å². The molecule has 0 fully saturated rings. The van der Waals surface area contributed by atoms with E-state index in [1.54, 1.807) is 42.5 Å². The van der Waals surface area contributed by atoms with E-state index in [9.17, 15) is 5.11 Å². The molecule has 27 heavy (non-hydrogen) atoms. The second kappa shape index (κ2) is 8.01. The molecule has 0 bridgehead atoms. The van der Waals surface area contributed by atoms with E-state index in [0.717, 1.165) is 0 Å². The molecule has 0 amide bonds. The highest BCUT2D eigenvalue weighted by Crippen LogP contribution is 2.41. The third kappa shape index (κ3) is 3.98. The lowest BCUT2D eigenvalue weighted by Gasteiger charge is -2.12. The summed E-state index contributed by atoms with van der Waals surface area (Å²) in [5.41, 5.74) is 1.29. The number of ether oxygens (including phenoxy) is 3. The van der Waals surface area contributed by atoms with Crippen LogP contribution in [0.5, 0.6) is 23.0 Å². The smallest absolute Gasteiger partial charge is 0.259 e. The number of aromatic hydroxyl groups is 1. The van der Waals surface area contributed by atoms with Crippen molar-refractivity contribution in [2.24, 2.45) is 0 Å². The number of rotatable bonds is 6. The summed E-state index contributed by atoms with van der Waals surface area (Å²) in [5, 5.41) is 17.8. The molecule has 7 nitrogen and oxygen atoms in total. The first-order valence-corrected chi connectivity index (χ1v) is 8.24. The van der Waals surface area contributed by atoms with Crippen molar-refractivity contribution < 1.29 is 23.7 Å². The Balaban J connectivity index is 1.96. The molecular formula is C19H17ClN2O5. The maximum absolute atomic E-state index is 9.53. The molecular weight excluding hydrogens is 372 g/mol. The molecule has 0 spiro atoms.